The fourth-order valence-corrected chi connectivity index (χ4v) is 3.02. The summed E-state index contributed by atoms with van der Waals surface area (Å²) in [4.78, 5) is 24.8. The van der Waals surface area contributed by atoms with Gasteiger partial charge in [0.2, 0.25) is 5.91 Å². The molecule has 0 atom stereocenters. The van der Waals surface area contributed by atoms with Crippen LogP contribution >= 0.6 is 0 Å². The lowest BCUT2D eigenvalue weighted by atomic mass is 9.88. The van der Waals surface area contributed by atoms with E-state index in [1.165, 1.54) is 6.42 Å². The Balaban J connectivity index is 2.12. The maximum Gasteiger partial charge on any atom is 0.252 e. The normalized spacial score (nSPS) is 16.0. The Labute approximate surface area is 139 Å². The summed E-state index contributed by atoms with van der Waals surface area (Å²) >= 11 is 0. The van der Waals surface area contributed by atoms with Crippen LogP contribution in [0, 0.1) is 12.8 Å². The zero-order valence-electron chi connectivity index (χ0n) is 14.7. The molecule has 0 aliphatic heterocycles. The number of anilines is 1. The molecule has 0 heterocycles. The van der Waals surface area contributed by atoms with Crippen molar-refractivity contribution < 1.29 is 9.59 Å². The summed E-state index contributed by atoms with van der Waals surface area (Å²) in [6, 6.07) is 5.48. The van der Waals surface area contributed by atoms with Crippen molar-refractivity contribution in [1.29, 1.82) is 0 Å². The number of rotatable bonds is 3. The van der Waals surface area contributed by atoms with Crippen molar-refractivity contribution in [3.63, 3.8) is 0 Å². The molecule has 0 unspecified atom stereocenters. The van der Waals surface area contributed by atoms with E-state index in [9.17, 15) is 9.59 Å². The topological polar surface area (TPSA) is 58.2 Å². The number of hydrogen-bond acceptors (Lipinski definition) is 2. The number of amides is 2. The van der Waals surface area contributed by atoms with Gasteiger partial charge >= 0.3 is 0 Å². The minimum atomic E-state index is -0.287. The molecule has 0 spiro atoms. The smallest absolute Gasteiger partial charge is 0.252 e. The first-order valence-electron chi connectivity index (χ1n) is 8.51. The first-order valence-corrected chi connectivity index (χ1v) is 8.51. The quantitative estimate of drug-likeness (QED) is 0.884. The van der Waals surface area contributed by atoms with Crippen LogP contribution in [0.5, 0.6) is 0 Å². The van der Waals surface area contributed by atoms with Crippen molar-refractivity contribution in [3.05, 3.63) is 29.3 Å². The molecule has 0 aromatic heterocycles. The summed E-state index contributed by atoms with van der Waals surface area (Å²) in [6.45, 7) is 7.74. The van der Waals surface area contributed by atoms with Crippen LogP contribution in [-0.4, -0.2) is 17.4 Å². The van der Waals surface area contributed by atoms with E-state index in [1.807, 2.05) is 39.8 Å². The van der Waals surface area contributed by atoms with Gasteiger partial charge in [0.1, 0.15) is 0 Å². The van der Waals surface area contributed by atoms with E-state index in [-0.39, 0.29) is 23.3 Å². The molecule has 1 aliphatic carbocycles. The molecule has 1 aliphatic rings. The molecule has 2 rings (SSSR count). The number of carbonyl (C=O) groups is 2. The molecule has 2 N–H and O–H groups in total. The molecule has 23 heavy (non-hydrogen) atoms. The molecule has 0 bridgehead atoms. The van der Waals surface area contributed by atoms with Crippen LogP contribution in [0.15, 0.2) is 18.2 Å². The van der Waals surface area contributed by atoms with Gasteiger partial charge in [0.05, 0.1) is 0 Å². The summed E-state index contributed by atoms with van der Waals surface area (Å²) in [5.41, 5.74) is 1.88. The fraction of sp³-hybridized carbons (Fsp3) is 0.579. The molecule has 2 amide bonds. The summed E-state index contributed by atoms with van der Waals surface area (Å²) < 4.78 is 0. The van der Waals surface area contributed by atoms with Gasteiger partial charge in [-0.2, -0.15) is 0 Å². The monoisotopic (exact) mass is 316 g/mol. The highest BCUT2D eigenvalue weighted by atomic mass is 16.2. The maximum absolute atomic E-state index is 12.4. The third kappa shape index (κ3) is 4.81. The van der Waals surface area contributed by atoms with Crippen LogP contribution in [0.25, 0.3) is 0 Å². The molecule has 1 aromatic rings. The van der Waals surface area contributed by atoms with Crippen LogP contribution in [0.3, 0.4) is 0 Å². The van der Waals surface area contributed by atoms with Gasteiger partial charge in [0.15, 0.2) is 0 Å². The zero-order chi connectivity index (χ0) is 17.0. The fourth-order valence-electron chi connectivity index (χ4n) is 3.02. The van der Waals surface area contributed by atoms with E-state index in [0.29, 0.717) is 5.56 Å². The third-order valence-electron chi connectivity index (χ3n) is 4.30. The Hall–Kier alpha value is -1.84. The number of carbonyl (C=O) groups excluding carboxylic acids is 2. The lowest BCUT2D eigenvalue weighted by Crippen LogP contribution is -2.40. The Morgan fingerprint density at radius 3 is 2.35 bits per heavy atom. The average molecular weight is 316 g/mol. The Bertz CT molecular complexity index is 582. The van der Waals surface area contributed by atoms with Gasteiger partial charge in [-0.25, -0.2) is 0 Å². The highest BCUT2D eigenvalue weighted by molar-refractivity contribution is 6.00. The lowest BCUT2D eigenvalue weighted by molar-refractivity contribution is -0.120. The average Bonchev–Trinajstić information content (AvgIpc) is 2.48. The number of benzene rings is 1. The molecule has 0 saturated heterocycles. The van der Waals surface area contributed by atoms with Gasteiger partial charge in [-0.15, -0.1) is 0 Å². The van der Waals surface area contributed by atoms with Crippen molar-refractivity contribution in [2.24, 2.45) is 5.92 Å². The van der Waals surface area contributed by atoms with E-state index in [0.717, 1.165) is 36.9 Å². The van der Waals surface area contributed by atoms with Crippen molar-refractivity contribution >= 4 is 17.5 Å². The SMILES string of the molecule is Cc1c(NC(=O)C2CCCCC2)cccc1C(=O)NC(C)(C)C. The standard InChI is InChI=1S/C19H28N2O2/c1-13-15(18(23)21-19(2,3)4)11-8-12-16(13)20-17(22)14-9-6-5-7-10-14/h8,11-12,14H,5-7,9-10H2,1-4H3,(H,20,22)(H,21,23). The van der Waals surface area contributed by atoms with E-state index in [2.05, 4.69) is 10.6 Å². The van der Waals surface area contributed by atoms with E-state index >= 15 is 0 Å². The summed E-state index contributed by atoms with van der Waals surface area (Å²) in [5.74, 6) is 0.0835. The van der Waals surface area contributed by atoms with Crippen LogP contribution in [0.2, 0.25) is 0 Å². The summed E-state index contributed by atoms with van der Waals surface area (Å²) in [5, 5.41) is 5.99. The number of nitrogens with one attached hydrogen (secondary N) is 2. The molecule has 1 fully saturated rings. The minimum absolute atomic E-state index is 0.0844. The van der Waals surface area contributed by atoms with Gasteiger partial charge in [0.25, 0.3) is 5.91 Å². The Kier molecular flexibility index (Phi) is 5.45. The van der Waals surface area contributed by atoms with Crippen molar-refractivity contribution in [2.45, 2.75) is 65.3 Å². The van der Waals surface area contributed by atoms with Crippen LogP contribution in [0.4, 0.5) is 5.69 Å². The largest absolute Gasteiger partial charge is 0.347 e. The Morgan fingerprint density at radius 1 is 1.09 bits per heavy atom. The van der Waals surface area contributed by atoms with Crippen molar-refractivity contribution in [1.82, 2.24) is 5.32 Å². The summed E-state index contributed by atoms with van der Waals surface area (Å²) in [6.07, 6.45) is 5.42. The highest BCUT2D eigenvalue weighted by Gasteiger charge is 2.23. The second-order valence-corrected chi connectivity index (χ2v) is 7.51. The highest BCUT2D eigenvalue weighted by Crippen LogP contribution is 2.26. The molecular weight excluding hydrogens is 288 g/mol. The first-order chi connectivity index (χ1) is 10.8. The van der Waals surface area contributed by atoms with Gasteiger partial charge in [0, 0.05) is 22.7 Å². The molecule has 1 aromatic carbocycles. The van der Waals surface area contributed by atoms with Crippen LogP contribution < -0.4 is 10.6 Å². The van der Waals surface area contributed by atoms with E-state index in [1.54, 1.807) is 6.07 Å². The summed E-state index contributed by atoms with van der Waals surface area (Å²) in [7, 11) is 0. The van der Waals surface area contributed by atoms with Crippen molar-refractivity contribution in [2.75, 3.05) is 5.32 Å². The second-order valence-electron chi connectivity index (χ2n) is 7.51. The minimum Gasteiger partial charge on any atom is -0.347 e. The second kappa shape index (κ2) is 7.16. The first kappa shape index (κ1) is 17.5. The zero-order valence-corrected chi connectivity index (χ0v) is 14.7. The molecule has 4 nitrogen and oxygen atoms in total. The van der Waals surface area contributed by atoms with E-state index < -0.39 is 0 Å². The van der Waals surface area contributed by atoms with Gasteiger partial charge in [-0.05, 0) is 58.2 Å². The lowest BCUT2D eigenvalue weighted by Gasteiger charge is -2.23. The molecule has 0 radical (unpaired) electrons. The van der Waals surface area contributed by atoms with Crippen LogP contribution in [0.1, 0.15) is 68.8 Å². The predicted octanol–water partition coefficient (Wildman–Crippen LogP) is 4.04. The van der Waals surface area contributed by atoms with Gasteiger partial charge in [-0.3, -0.25) is 9.59 Å². The number of hydrogen-bond donors (Lipinski definition) is 2. The molecule has 4 heteroatoms. The van der Waals surface area contributed by atoms with E-state index in [4.69, 9.17) is 0 Å². The Morgan fingerprint density at radius 2 is 1.74 bits per heavy atom. The van der Waals surface area contributed by atoms with Gasteiger partial charge in [-0.1, -0.05) is 25.3 Å². The van der Waals surface area contributed by atoms with Crippen LogP contribution in [-0.2, 0) is 4.79 Å². The van der Waals surface area contributed by atoms with Crippen molar-refractivity contribution in [3.8, 4) is 0 Å². The predicted molar refractivity (Wildman–Crippen MR) is 93.6 cm³/mol. The molecular formula is C19H28N2O2. The van der Waals surface area contributed by atoms with Gasteiger partial charge < -0.3 is 10.6 Å². The third-order valence-corrected chi connectivity index (χ3v) is 4.30. The molecule has 126 valence electrons. The maximum atomic E-state index is 12.4. The molecule has 1 saturated carbocycles.